The highest BCUT2D eigenvalue weighted by Gasteiger charge is 2.23. The molecular formula is C18H29IN4. The van der Waals surface area contributed by atoms with E-state index in [0.29, 0.717) is 0 Å². The molecular weight excluding hydrogens is 399 g/mol. The second-order valence-electron chi connectivity index (χ2n) is 6.47. The number of para-hydroxylation sites is 1. The average molecular weight is 428 g/mol. The van der Waals surface area contributed by atoms with E-state index >= 15 is 0 Å². The Balaban J connectivity index is 0.00000192. The number of likely N-dealkylation sites (tertiary alicyclic amines) is 1. The molecule has 1 aromatic carbocycles. The SMILES string of the molecule is CCNC(=NCC1CCN(C)CC1)N1CCc2ccccc21.I. The van der Waals surface area contributed by atoms with Gasteiger partial charge in [-0.25, -0.2) is 0 Å². The van der Waals surface area contributed by atoms with Crippen molar-refractivity contribution in [1.82, 2.24) is 10.2 Å². The fraction of sp³-hybridized carbons (Fsp3) is 0.611. The molecule has 128 valence electrons. The van der Waals surface area contributed by atoms with Crippen LogP contribution in [0.5, 0.6) is 0 Å². The Morgan fingerprint density at radius 2 is 1.96 bits per heavy atom. The van der Waals surface area contributed by atoms with E-state index in [1.54, 1.807) is 0 Å². The number of guanidine groups is 1. The van der Waals surface area contributed by atoms with Gasteiger partial charge in [-0.05, 0) is 63.9 Å². The van der Waals surface area contributed by atoms with Gasteiger partial charge in [-0.1, -0.05) is 18.2 Å². The molecule has 4 nitrogen and oxygen atoms in total. The molecule has 1 saturated heterocycles. The summed E-state index contributed by atoms with van der Waals surface area (Å²) in [4.78, 5) is 9.73. The summed E-state index contributed by atoms with van der Waals surface area (Å²) in [6.45, 7) is 7.48. The summed E-state index contributed by atoms with van der Waals surface area (Å²) < 4.78 is 0. The molecule has 0 amide bonds. The van der Waals surface area contributed by atoms with Gasteiger partial charge in [0, 0.05) is 25.3 Å². The van der Waals surface area contributed by atoms with Crippen LogP contribution in [0.4, 0.5) is 5.69 Å². The molecule has 2 aliphatic heterocycles. The molecule has 3 rings (SSSR count). The predicted molar refractivity (Wildman–Crippen MR) is 109 cm³/mol. The summed E-state index contributed by atoms with van der Waals surface area (Å²) in [7, 11) is 2.21. The van der Waals surface area contributed by atoms with E-state index in [2.05, 4.69) is 53.4 Å². The van der Waals surface area contributed by atoms with Crippen molar-refractivity contribution >= 4 is 35.6 Å². The minimum Gasteiger partial charge on any atom is -0.356 e. The third-order valence-electron chi connectivity index (χ3n) is 4.82. The quantitative estimate of drug-likeness (QED) is 0.456. The highest BCUT2D eigenvalue weighted by atomic mass is 127. The van der Waals surface area contributed by atoms with Crippen molar-refractivity contribution in [3.63, 3.8) is 0 Å². The number of anilines is 1. The first-order valence-corrected chi connectivity index (χ1v) is 8.60. The number of aliphatic imine (C=N–C) groups is 1. The Bertz CT molecular complexity index is 524. The standard InChI is InChI=1S/C18H28N4.HI/c1-3-19-18(20-14-15-8-11-21(2)12-9-15)22-13-10-16-6-4-5-7-17(16)22;/h4-7,15H,3,8-14H2,1-2H3,(H,19,20);1H. The third-order valence-corrected chi connectivity index (χ3v) is 4.82. The lowest BCUT2D eigenvalue weighted by Gasteiger charge is -2.28. The summed E-state index contributed by atoms with van der Waals surface area (Å²) in [6, 6.07) is 8.70. The van der Waals surface area contributed by atoms with Crippen molar-refractivity contribution in [2.24, 2.45) is 10.9 Å². The van der Waals surface area contributed by atoms with Gasteiger partial charge in [0.1, 0.15) is 0 Å². The van der Waals surface area contributed by atoms with Crippen molar-refractivity contribution < 1.29 is 0 Å². The van der Waals surface area contributed by atoms with Crippen LogP contribution in [0.1, 0.15) is 25.3 Å². The summed E-state index contributed by atoms with van der Waals surface area (Å²) in [5.41, 5.74) is 2.76. The third kappa shape index (κ3) is 4.59. The van der Waals surface area contributed by atoms with E-state index in [0.717, 1.165) is 37.9 Å². The maximum absolute atomic E-state index is 4.96. The normalized spacial score (nSPS) is 19.4. The molecule has 23 heavy (non-hydrogen) atoms. The lowest BCUT2D eigenvalue weighted by molar-refractivity contribution is 0.223. The zero-order valence-electron chi connectivity index (χ0n) is 14.3. The maximum Gasteiger partial charge on any atom is 0.198 e. The first kappa shape index (κ1) is 18.5. The van der Waals surface area contributed by atoms with Crippen molar-refractivity contribution in [3.8, 4) is 0 Å². The number of hydrogen-bond donors (Lipinski definition) is 1. The Hall–Kier alpha value is -0.820. The molecule has 0 aromatic heterocycles. The first-order valence-electron chi connectivity index (χ1n) is 8.60. The molecule has 2 heterocycles. The Labute approximate surface area is 157 Å². The Morgan fingerprint density at radius 3 is 2.70 bits per heavy atom. The lowest BCUT2D eigenvalue weighted by Crippen LogP contribution is -2.41. The molecule has 0 aliphatic carbocycles. The maximum atomic E-state index is 4.96. The number of nitrogens with zero attached hydrogens (tertiary/aromatic N) is 3. The van der Waals surface area contributed by atoms with Crippen molar-refractivity contribution in [3.05, 3.63) is 29.8 Å². The summed E-state index contributed by atoms with van der Waals surface area (Å²) >= 11 is 0. The van der Waals surface area contributed by atoms with Gasteiger partial charge in [0.2, 0.25) is 0 Å². The molecule has 0 atom stereocenters. The molecule has 1 fully saturated rings. The lowest BCUT2D eigenvalue weighted by atomic mass is 9.97. The molecule has 2 aliphatic rings. The monoisotopic (exact) mass is 428 g/mol. The van der Waals surface area contributed by atoms with Crippen LogP contribution >= 0.6 is 24.0 Å². The van der Waals surface area contributed by atoms with Gasteiger partial charge in [0.15, 0.2) is 5.96 Å². The van der Waals surface area contributed by atoms with Gasteiger partial charge >= 0.3 is 0 Å². The van der Waals surface area contributed by atoms with Crippen LogP contribution in [0.15, 0.2) is 29.3 Å². The highest BCUT2D eigenvalue weighted by molar-refractivity contribution is 14.0. The van der Waals surface area contributed by atoms with Crippen LogP contribution in [0.3, 0.4) is 0 Å². The number of benzene rings is 1. The first-order chi connectivity index (χ1) is 10.8. The fourth-order valence-corrected chi connectivity index (χ4v) is 3.41. The van der Waals surface area contributed by atoms with Crippen LogP contribution in [-0.4, -0.2) is 50.6 Å². The number of fused-ring (bicyclic) bond motifs is 1. The number of rotatable bonds is 3. The fourth-order valence-electron chi connectivity index (χ4n) is 3.41. The number of piperidine rings is 1. The van der Waals surface area contributed by atoms with Crippen LogP contribution < -0.4 is 10.2 Å². The second-order valence-corrected chi connectivity index (χ2v) is 6.47. The zero-order valence-corrected chi connectivity index (χ0v) is 16.6. The van der Waals surface area contributed by atoms with Crippen LogP contribution in [-0.2, 0) is 6.42 Å². The molecule has 0 unspecified atom stereocenters. The van der Waals surface area contributed by atoms with E-state index < -0.39 is 0 Å². The van der Waals surface area contributed by atoms with E-state index in [1.807, 2.05) is 0 Å². The van der Waals surface area contributed by atoms with E-state index in [1.165, 1.54) is 37.2 Å². The van der Waals surface area contributed by atoms with Crippen LogP contribution in [0, 0.1) is 5.92 Å². The highest BCUT2D eigenvalue weighted by Crippen LogP contribution is 2.27. The molecule has 0 radical (unpaired) electrons. The minimum atomic E-state index is 0. The average Bonchev–Trinajstić information content (AvgIpc) is 2.97. The molecule has 0 spiro atoms. The van der Waals surface area contributed by atoms with Crippen molar-refractivity contribution in [1.29, 1.82) is 0 Å². The van der Waals surface area contributed by atoms with Gasteiger partial charge in [-0.3, -0.25) is 4.99 Å². The van der Waals surface area contributed by atoms with Gasteiger partial charge in [0.25, 0.3) is 0 Å². The number of halogens is 1. The van der Waals surface area contributed by atoms with Crippen LogP contribution in [0.25, 0.3) is 0 Å². The molecule has 5 heteroatoms. The van der Waals surface area contributed by atoms with Crippen molar-refractivity contribution in [2.45, 2.75) is 26.2 Å². The van der Waals surface area contributed by atoms with E-state index in [9.17, 15) is 0 Å². The van der Waals surface area contributed by atoms with Gasteiger partial charge in [0.05, 0.1) is 0 Å². The molecule has 1 N–H and O–H groups in total. The minimum absolute atomic E-state index is 0. The Kier molecular flexibility index (Phi) is 7.14. The Morgan fingerprint density at radius 1 is 1.22 bits per heavy atom. The topological polar surface area (TPSA) is 30.9 Å². The molecule has 1 aromatic rings. The molecule has 0 saturated carbocycles. The van der Waals surface area contributed by atoms with Crippen molar-refractivity contribution in [2.75, 3.05) is 44.7 Å². The van der Waals surface area contributed by atoms with E-state index in [-0.39, 0.29) is 24.0 Å². The molecule has 0 bridgehead atoms. The summed E-state index contributed by atoms with van der Waals surface area (Å²) in [5, 5.41) is 3.48. The van der Waals surface area contributed by atoms with Gasteiger partial charge in [-0.2, -0.15) is 0 Å². The van der Waals surface area contributed by atoms with Gasteiger partial charge in [-0.15, -0.1) is 24.0 Å². The number of nitrogens with one attached hydrogen (secondary N) is 1. The predicted octanol–water partition coefficient (Wildman–Crippen LogP) is 2.97. The zero-order chi connectivity index (χ0) is 15.4. The van der Waals surface area contributed by atoms with Gasteiger partial charge < -0.3 is 15.1 Å². The number of hydrogen-bond acceptors (Lipinski definition) is 2. The van der Waals surface area contributed by atoms with E-state index in [4.69, 9.17) is 4.99 Å². The summed E-state index contributed by atoms with van der Waals surface area (Å²) in [5.74, 6) is 1.80. The van der Waals surface area contributed by atoms with Crippen LogP contribution in [0.2, 0.25) is 0 Å². The second kappa shape index (κ2) is 8.87. The smallest absolute Gasteiger partial charge is 0.198 e. The summed E-state index contributed by atoms with van der Waals surface area (Å²) in [6.07, 6.45) is 3.67. The largest absolute Gasteiger partial charge is 0.356 e.